The normalized spacial score (nSPS) is 19.4. The quantitative estimate of drug-likeness (QED) is 0.867. The highest BCUT2D eigenvalue weighted by Crippen LogP contribution is 2.30. The zero-order valence-corrected chi connectivity index (χ0v) is 11.4. The van der Waals surface area contributed by atoms with Gasteiger partial charge in [0.2, 0.25) is 5.91 Å². The minimum Gasteiger partial charge on any atom is -0.478 e. The average Bonchev–Trinajstić information content (AvgIpc) is 2.57. The second-order valence-electron chi connectivity index (χ2n) is 4.39. The van der Waals surface area contributed by atoms with Crippen LogP contribution in [0.1, 0.15) is 22.3 Å². The van der Waals surface area contributed by atoms with Crippen molar-refractivity contribution in [2.24, 2.45) is 5.73 Å². The first-order valence-electron chi connectivity index (χ1n) is 5.49. The van der Waals surface area contributed by atoms with Crippen LogP contribution in [0, 0.1) is 6.92 Å². The van der Waals surface area contributed by atoms with E-state index in [0.29, 0.717) is 23.1 Å². The summed E-state index contributed by atoms with van der Waals surface area (Å²) in [6, 6.07) is 3.03. The van der Waals surface area contributed by atoms with Crippen LogP contribution >= 0.6 is 15.9 Å². The Bertz CT molecular complexity index is 530. The zero-order valence-electron chi connectivity index (χ0n) is 9.81. The molecule has 1 unspecified atom stereocenters. The molecule has 5 nitrogen and oxygen atoms in total. The summed E-state index contributed by atoms with van der Waals surface area (Å²) in [5.41, 5.74) is 7.35. The first-order valence-corrected chi connectivity index (χ1v) is 6.29. The number of nitrogens with zero attached hydrogens (tertiary/aromatic N) is 1. The van der Waals surface area contributed by atoms with Gasteiger partial charge in [-0.25, -0.2) is 4.79 Å². The molecule has 1 aromatic rings. The van der Waals surface area contributed by atoms with Crippen molar-refractivity contribution in [3.8, 4) is 0 Å². The molecule has 1 aliphatic rings. The summed E-state index contributed by atoms with van der Waals surface area (Å²) in [5.74, 6) is -1.09. The Balaban J connectivity index is 2.48. The number of carbonyl (C=O) groups excluding carboxylic acids is 1. The van der Waals surface area contributed by atoms with Gasteiger partial charge in [0.15, 0.2) is 0 Å². The molecule has 0 saturated carbocycles. The summed E-state index contributed by atoms with van der Waals surface area (Å²) in [6.45, 7) is 2.27. The van der Waals surface area contributed by atoms with Gasteiger partial charge in [0.25, 0.3) is 0 Å². The lowest BCUT2D eigenvalue weighted by molar-refractivity contribution is -0.117. The number of carboxylic acids is 1. The number of benzene rings is 1. The lowest BCUT2D eigenvalue weighted by atomic mass is 10.1. The van der Waals surface area contributed by atoms with Crippen molar-refractivity contribution in [3.05, 3.63) is 27.7 Å². The fourth-order valence-corrected chi connectivity index (χ4v) is 2.71. The summed E-state index contributed by atoms with van der Waals surface area (Å²) >= 11 is 3.21. The molecule has 1 aromatic carbocycles. The molecular weight excluding hydrogens is 300 g/mol. The minimum atomic E-state index is -1.03. The van der Waals surface area contributed by atoms with Gasteiger partial charge in [-0.2, -0.15) is 0 Å². The van der Waals surface area contributed by atoms with E-state index < -0.39 is 5.97 Å². The molecule has 96 valence electrons. The third kappa shape index (κ3) is 2.26. The van der Waals surface area contributed by atoms with Gasteiger partial charge < -0.3 is 15.7 Å². The van der Waals surface area contributed by atoms with Crippen LogP contribution in [0.5, 0.6) is 0 Å². The number of anilines is 1. The minimum absolute atomic E-state index is 0.0655. The van der Waals surface area contributed by atoms with Gasteiger partial charge in [-0.15, -0.1) is 0 Å². The lowest BCUT2D eigenvalue weighted by Gasteiger charge is -2.19. The van der Waals surface area contributed by atoms with E-state index in [0.717, 1.165) is 5.56 Å². The lowest BCUT2D eigenvalue weighted by Crippen LogP contribution is -2.28. The molecule has 18 heavy (non-hydrogen) atoms. The maximum Gasteiger partial charge on any atom is 0.336 e. The van der Waals surface area contributed by atoms with Crippen molar-refractivity contribution in [2.45, 2.75) is 19.4 Å². The van der Waals surface area contributed by atoms with E-state index in [1.165, 1.54) is 6.07 Å². The van der Waals surface area contributed by atoms with Gasteiger partial charge in [0.1, 0.15) is 0 Å². The number of rotatable bonds is 2. The van der Waals surface area contributed by atoms with Gasteiger partial charge in [-0.3, -0.25) is 4.79 Å². The smallest absolute Gasteiger partial charge is 0.336 e. The average molecular weight is 313 g/mol. The monoisotopic (exact) mass is 312 g/mol. The SMILES string of the molecule is Cc1cc(Br)c(C(=O)O)cc1N1CC(N)CC1=O. The predicted octanol–water partition coefficient (Wildman–Crippen LogP) is 1.52. The van der Waals surface area contributed by atoms with Crippen LogP contribution in [0.4, 0.5) is 5.69 Å². The highest BCUT2D eigenvalue weighted by atomic mass is 79.9. The molecule has 0 bridgehead atoms. The summed E-state index contributed by atoms with van der Waals surface area (Å²) in [6.07, 6.45) is 0.303. The highest BCUT2D eigenvalue weighted by molar-refractivity contribution is 9.10. The van der Waals surface area contributed by atoms with Crippen LogP contribution in [0.2, 0.25) is 0 Å². The second-order valence-corrected chi connectivity index (χ2v) is 5.25. The molecule has 1 saturated heterocycles. The summed E-state index contributed by atoms with van der Waals surface area (Å²) in [4.78, 5) is 24.4. The Morgan fingerprint density at radius 1 is 1.56 bits per heavy atom. The Morgan fingerprint density at radius 3 is 2.72 bits per heavy atom. The van der Waals surface area contributed by atoms with Crippen molar-refractivity contribution in [2.75, 3.05) is 11.4 Å². The Labute approximate surface area is 113 Å². The fourth-order valence-electron chi connectivity index (χ4n) is 2.08. The predicted molar refractivity (Wildman–Crippen MR) is 70.8 cm³/mol. The topological polar surface area (TPSA) is 83.6 Å². The van der Waals surface area contributed by atoms with Gasteiger partial charge in [-0.1, -0.05) is 0 Å². The van der Waals surface area contributed by atoms with E-state index in [-0.39, 0.29) is 17.5 Å². The zero-order chi connectivity index (χ0) is 13.4. The van der Waals surface area contributed by atoms with Crippen molar-refractivity contribution in [3.63, 3.8) is 0 Å². The number of hydrogen-bond acceptors (Lipinski definition) is 3. The molecule has 1 fully saturated rings. The molecule has 2 rings (SSSR count). The molecule has 0 aliphatic carbocycles. The number of amides is 1. The number of hydrogen-bond donors (Lipinski definition) is 2. The second kappa shape index (κ2) is 4.70. The summed E-state index contributed by atoms with van der Waals surface area (Å²) in [7, 11) is 0. The van der Waals surface area contributed by atoms with E-state index in [1.807, 2.05) is 6.92 Å². The maximum absolute atomic E-state index is 11.8. The van der Waals surface area contributed by atoms with Gasteiger partial charge >= 0.3 is 5.97 Å². The number of carbonyl (C=O) groups is 2. The molecule has 6 heteroatoms. The molecule has 0 aromatic heterocycles. The fraction of sp³-hybridized carbons (Fsp3) is 0.333. The Hall–Kier alpha value is -1.40. The molecule has 1 heterocycles. The van der Waals surface area contributed by atoms with Crippen LogP contribution in [0.25, 0.3) is 0 Å². The van der Waals surface area contributed by atoms with Crippen LogP contribution < -0.4 is 10.6 Å². The highest BCUT2D eigenvalue weighted by Gasteiger charge is 2.29. The standard InChI is InChI=1S/C12H13BrN2O3/c1-6-2-9(13)8(12(17)18)4-10(6)15-5-7(14)3-11(15)16/h2,4,7H,3,5,14H2,1H3,(H,17,18). The van der Waals surface area contributed by atoms with Crippen LogP contribution in [-0.2, 0) is 4.79 Å². The van der Waals surface area contributed by atoms with Crippen LogP contribution in [0.15, 0.2) is 16.6 Å². The third-order valence-electron chi connectivity index (χ3n) is 2.96. The molecule has 0 radical (unpaired) electrons. The van der Waals surface area contributed by atoms with Crippen LogP contribution in [-0.4, -0.2) is 29.6 Å². The van der Waals surface area contributed by atoms with E-state index in [9.17, 15) is 9.59 Å². The largest absolute Gasteiger partial charge is 0.478 e. The van der Waals surface area contributed by atoms with Crippen molar-refractivity contribution in [1.29, 1.82) is 0 Å². The molecule has 1 aliphatic heterocycles. The number of aryl methyl sites for hydroxylation is 1. The first kappa shape index (κ1) is 13.0. The van der Waals surface area contributed by atoms with E-state index in [4.69, 9.17) is 10.8 Å². The molecular formula is C12H13BrN2O3. The van der Waals surface area contributed by atoms with Gasteiger partial charge in [-0.05, 0) is 40.5 Å². The molecule has 3 N–H and O–H groups in total. The molecule has 1 atom stereocenters. The van der Waals surface area contributed by atoms with Gasteiger partial charge in [0, 0.05) is 29.2 Å². The van der Waals surface area contributed by atoms with Crippen molar-refractivity contribution in [1.82, 2.24) is 0 Å². The number of nitrogens with two attached hydrogens (primary N) is 1. The van der Waals surface area contributed by atoms with Crippen molar-refractivity contribution >= 4 is 33.5 Å². The van der Waals surface area contributed by atoms with E-state index >= 15 is 0 Å². The first-order chi connectivity index (χ1) is 8.40. The maximum atomic E-state index is 11.8. The summed E-state index contributed by atoms with van der Waals surface area (Å²) < 4.78 is 0.507. The number of carboxylic acid groups (broad SMARTS) is 1. The Morgan fingerprint density at radius 2 is 2.22 bits per heavy atom. The third-order valence-corrected chi connectivity index (χ3v) is 3.62. The Kier molecular flexibility index (Phi) is 3.41. The summed E-state index contributed by atoms with van der Waals surface area (Å²) in [5, 5.41) is 9.08. The van der Waals surface area contributed by atoms with E-state index in [1.54, 1.807) is 11.0 Å². The van der Waals surface area contributed by atoms with Gasteiger partial charge in [0.05, 0.1) is 5.56 Å². The van der Waals surface area contributed by atoms with E-state index in [2.05, 4.69) is 15.9 Å². The van der Waals surface area contributed by atoms with Crippen LogP contribution in [0.3, 0.4) is 0 Å². The van der Waals surface area contributed by atoms with Crippen molar-refractivity contribution < 1.29 is 14.7 Å². The number of aromatic carboxylic acids is 1. The molecule has 0 spiro atoms. The number of halogens is 1. The molecule has 1 amide bonds.